The molecular weight excluding hydrogens is 388 g/mol. The second kappa shape index (κ2) is 7.86. The first-order chi connectivity index (χ1) is 12.0. The van der Waals surface area contributed by atoms with Gasteiger partial charge in [-0.1, -0.05) is 41.0 Å². The average Bonchev–Trinajstić information content (AvgIpc) is 3.07. The number of carbonyl (C=O) groups excluding carboxylic acids is 1. The van der Waals surface area contributed by atoms with E-state index in [-0.39, 0.29) is 21.7 Å². The summed E-state index contributed by atoms with van der Waals surface area (Å²) >= 11 is 12.5. The number of hydrogen-bond acceptors (Lipinski definition) is 5. The second-order valence-electron chi connectivity index (χ2n) is 4.82. The zero-order valence-corrected chi connectivity index (χ0v) is 14.8. The van der Waals surface area contributed by atoms with Gasteiger partial charge in [0, 0.05) is 10.6 Å². The van der Waals surface area contributed by atoms with Crippen molar-refractivity contribution in [1.82, 2.24) is 10.2 Å². The molecular formula is C16H10Cl2FN3O2S. The van der Waals surface area contributed by atoms with Crippen LogP contribution >= 0.6 is 35.0 Å². The summed E-state index contributed by atoms with van der Waals surface area (Å²) in [6.07, 6.45) is 0. The Kier molecular flexibility index (Phi) is 5.57. The maximum absolute atomic E-state index is 13.7. The Labute approximate surface area is 156 Å². The van der Waals surface area contributed by atoms with Crippen molar-refractivity contribution in [2.75, 3.05) is 11.1 Å². The summed E-state index contributed by atoms with van der Waals surface area (Å²) in [4.78, 5) is 11.9. The molecule has 9 heteroatoms. The van der Waals surface area contributed by atoms with Gasteiger partial charge in [-0.3, -0.25) is 4.79 Å². The smallest absolute Gasteiger partial charge is 0.277 e. The lowest BCUT2D eigenvalue weighted by atomic mass is 10.2. The van der Waals surface area contributed by atoms with Gasteiger partial charge >= 0.3 is 0 Å². The summed E-state index contributed by atoms with van der Waals surface area (Å²) in [7, 11) is 0. The van der Waals surface area contributed by atoms with Gasteiger partial charge in [0.05, 0.1) is 16.5 Å². The van der Waals surface area contributed by atoms with Gasteiger partial charge in [-0.15, -0.1) is 10.2 Å². The molecule has 5 nitrogen and oxygen atoms in total. The van der Waals surface area contributed by atoms with E-state index >= 15 is 0 Å². The van der Waals surface area contributed by atoms with Gasteiger partial charge < -0.3 is 9.73 Å². The Morgan fingerprint density at radius 3 is 2.68 bits per heavy atom. The van der Waals surface area contributed by atoms with E-state index in [4.69, 9.17) is 27.6 Å². The minimum absolute atomic E-state index is 0.0190. The highest BCUT2D eigenvalue weighted by atomic mass is 35.5. The normalized spacial score (nSPS) is 10.7. The molecule has 0 saturated heterocycles. The van der Waals surface area contributed by atoms with E-state index in [0.717, 1.165) is 11.8 Å². The van der Waals surface area contributed by atoms with E-state index in [0.29, 0.717) is 16.5 Å². The van der Waals surface area contributed by atoms with E-state index in [1.165, 1.54) is 12.1 Å². The van der Waals surface area contributed by atoms with E-state index in [1.54, 1.807) is 30.3 Å². The van der Waals surface area contributed by atoms with Crippen molar-refractivity contribution in [3.05, 3.63) is 58.3 Å². The van der Waals surface area contributed by atoms with Gasteiger partial charge in [0.15, 0.2) is 5.82 Å². The van der Waals surface area contributed by atoms with E-state index in [9.17, 15) is 9.18 Å². The lowest BCUT2D eigenvalue weighted by molar-refractivity contribution is -0.113. The number of rotatable bonds is 5. The largest absolute Gasteiger partial charge is 0.411 e. The number of nitrogens with zero attached hydrogens (tertiary/aromatic N) is 2. The third kappa shape index (κ3) is 4.50. The Balaban J connectivity index is 1.59. The van der Waals surface area contributed by atoms with Crippen molar-refractivity contribution in [1.29, 1.82) is 0 Å². The van der Waals surface area contributed by atoms with Crippen molar-refractivity contribution in [2.24, 2.45) is 0 Å². The molecule has 1 amide bonds. The van der Waals surface area contributed by atoms with Gasteiger partial charge in [-0.05, 0) is 36.4 Å². The minimum Gasteiger partial charge on any atom is -0.411 e. The Hall–Kier alpha value is -2.09. The van der Waals surface area contributed by atoms with E-state index in [1.807, 2.05) is 0 Å². The third-order valence-electron chi connectivity index (χ3n) is 3.05. The van der Waals surface area contributed by atoms with Crippen LogP contribution in [0.3, 0.4) is 0 Å². The van der Waals surface area contributed by atoms with Crippen LogP contribution in [0, 0.1) is 5.82 Å². The lowest BCUT2D eigenvalue weighted by Gasteiger charge is -2.06. The Morgan fingerprint density at radius 1 is 1.16 bits per heavy atom. The highest BCUT2D eigenvalue weighted by Crippen LogP contribution is 2.25. The molecule has 0 unspecified atom stereocenters. The molecule has 0 aliphatic rings. The fraction of sp³-hybridized carbons (Fsp3) is 0.0625. The highest BCUT2D eigenvalue weighted by Gasteiger charge is 2.13. The first-order valence-corrected chi connectivity index (χ1v) is 8.73. The molecule has 25 heavy (non-hydrogen) atoms. The summed E-state index contributed by atoms with van der Waals surface area (Å²) < 4.78 is 19.2. The molecule has 0 fully saturated rings. The first-order valence-electron chi connectivity index (χ1n) is 6.99. The number of carbonyl (C=O) groups is 1. The molecule has 0 aliphatic heterocycles. The fourth-order valence-corrected chi connectivity index (χ4v) is 2.75. The first kappa shape index (κ1) is 17.7. The lowest BCUT2D eigenvalue weighted by Crippen LogP contribution is -2.15. The van der Waals surface area contributed by atoms with Crippen LogP contribution in [0.2, 0.25) is 10.0 Å². The average molecular weight is 398 g/mol. The quantitative estimate of drug-likeness (QED) is 0.619. The molecule has 2 aromatic carbocycles. The molecule has 3 rings (SSSR count). The molecule has 1 heterocycles. The van der Waals surface area contributed by atoms with Crippen LogP contribution in [0.25, 0.3) is 11.5 Å². The second-order valence-corrected chi connectivity index (χ2v) is 6.59. The van der Waals surface area contributed by atoms with Crippen molar-refractivity contribution < 1.29 is 13.6 Å². The van der Waals surface area contributed by atoms with E-state index < -0.39 is 11.7 Å². The maximum Gasteiger partial charge on any atom is 0.277 e. The Morgan fingerprint density at radius 2 is 1.92 bits per heavy atom. The number of aromatic nitrogens is 2. The molecule has 0 spiro atoms. The van der Waals surface area contributed by atoms with Crippen LogP contribution in [0.15, 0.2) is 52.1 Å². The van der Waals surface area contributed by atoms with Crippen LogP contribution in [0.1, 0.15) is 0 Å². The van der Waals surface area contributed by atoms with Crippen molar-refractivity contribution in [3.63, 3.8) is 0 Å². The number of nitrogens with one attached hydrogen (secondary N) is 1. The molecule has 1 N–H and O–H groups in total. The van der Waals surface area contributed by atoms with Crippen LogP contribution in [0.4, 0.5) is 10.1 Å². The fourth-order valence-electron chi connectivity index (χ4n) is 1.89. The summed E-state index contributed by atoms with van der Waals surface area (Å²) in [6.45, 7) is 0. The maximum atomic E-state index is 13.7. The summed E-state index contributed by atoms with van der Waals surface area (Å²) in [6, 6.07) is 11.3. The van der Waals surface area contributed by atoms with Crippen molar-refractivity contribution in [2.45, 2.75) is 5.22 Å². The van der Waals surface area contributed by atoms with E-state index in [2.05, 4.69) is 15.5 Å². The summed E-state index contributed by atoms with van der Waals surface area (Å²) in [5.74, 6) is -0.794. The molecule has 0 bridgehead atoms. The van der Waals surface area contributed by atoms with Crippen molar-refractivity contribution in [3.8, 4) is 11.5 Å². The minimum atomic E-state index is -0.676. The number of anilines is 1. The zero-order chi connectivity index (χ0) is 17.8. The van der Waals surface area contributed by atoms with Gasteiger partial charge in [-0.2, -0.15) is 0 Å². The number of halogens is 3. The SMILES string of the molecule is O=C(CSc1nnc(-c2ccc(Cl)cc2)o1)Nc1cccc(Cl)c1F. The van der Waals surface area contributed by atoms with Crippen molar-refractivity contribution >= 4 is 46.6 Å². The van der Waals surface area contributed by atoms with Crippen LogP contribution in [-0.2, 0) is 4.79 Å². The summed E-state index contributed by atoms with van der Waals surface area (Å²) in [5, 5.41) is 11.0. The van der Waals surface area contributed by atoms with Crippen LogP contribution in [-0.4, -0.2) is 21.9 Å². The molecule has 0 atom stereocenters. The number of hydrogen-bond donors (Lipinski definition) is 1. The highest BCUT2D eigenvalue weighted by molar-refractivity contribution is 7.99. The van der Waals surface area contributed by atoms with Crippen LogP contribution < -0.4 is 5.32 Å². The number of benzene rings is 2. The predicted octanol–water partition coefficient (Wildman–Crippen LogP) is 4.91. The number of amides is 1. The Bertz CT molecular complexity index is 903. The summed E-state index contributed by atoms with van der Waals surface area (Å²) in [5.41, 5.74) is 0.736. The van der Waals surface area contributed by atoms with Gasteiger partial charge in [0.2, 0.25) is 11.8 Å². The molecule has 128 valence electrons. The van der Waals surface area contributed by atoms with Crippen LogP contribution in [0.5, 0.6) is 0 Å². The monoisotopic (exact) mass is 397 g/mol. The third-order valence-corrected chi connectivity index (χ3v) is 4.41. The molecule has 3 aromatic rings. The molecule has 1 aromatic heterocycles. The number of thioether (sulfide) groups is 1. The molecule has 0 radical (unpaired) electrons. The van der Waals surface area contributed by atoms with Gasteiger partial charge in [0.25, 0.3) is 5.22 Å². The molecule has 0 aliphatic carbocycles. The topological polar surface area (TPSA) is 68.0 Å². The van der Waals surface area contributed by atoms with Gasteiger partial charge in [0.1, 0.15) is 0 Å². The predicted molar refractivity (Wildman–Crippen MR) is 95.5 cm³/mol. The molecule has 0 saturated carbocycles. The standard InChI is InChI=1S/C16H10Cl2FN3O2S/c17-10-6-4-9(5-7-10)15-21-22-16(24-15)25-8-13(23)20-12-3-1-2-11(18)14(12)19/h1-7H,8H2,(H,20,23). The zero-order valence-electron chi connectivity index (χ0n) is 12.5. The van der Waals surface area contributed by atoms with Gasteiger partial charge in [-0.25, -0.2) is 4.39 Å².